The SMILES string of the molecule is CC(C)c1cc(O)c(CCCO)cc1Br. The Hall–Kier alpha value is -0.540. The highest BCUT2D eigenvalue weighted by atomic mass is 79.9. The van der Waals surface area contributed by atoms with Crippen molar-refractivity contribution in [1.29, 1.82) is 0 Å². The molecule has 0 radical (unpaired) electrons. The molecule has 1 rings (SSSR count). The predicted octanol–water partition coefficient (Wildman–Crippen LogP) is 3.20. The largest absolute Gasteiger partial charge is 0.508 e. The van der Waals surface area contributed by atoms with Gasteiger partial charge in [-0.15, -0.1) is 0 Å². The minimum Gasteiger partial charge on any atom is -0.508 e. The van der Waals surface area contributed by atoms with Crippen LogP contribution < -0.4 is 0 Å². The number of aromatic hydroxyl groups is 1. The van der Waals surface area contributed by atoms with Gasteiger partial charge in [-0.05, 0) is 42.0 Å². The van der Waals surface area contributed by atoms with Crippen molar-refractivity contribution in [3.8, 4) is 5.75 Å². The van der Waals surface area contributed by atoms with E-state index in [-0.39, 0.29) is 6.61 Å². The zero-order valence-corrected chi connectivity index (χ0v) is 10.7. The summed E-state index contributed by atoms with van der Waals surface area (Å²) in [6.45, 7) is 4.34. The molecule has 0 atom stereocenters. The number of phenolic OH excluding ortho intramolecular Hbond substituents is 1. The van der Waals surface area contributed by atoms with Gasteiger partial charge in [0.25, 0.3) is 0 Å². The molecule has 0 saturated heterocycles. The maximum absolute atomic E-state index is 9.79. The van der Waals surface area contributed by atoms with E-state index in [2.05, 4.69) is 29.8 Å². The van der Waals surface area contributed by atoms with Crippen LogP contribution in [0.4, 0.5) is 0 Å². The summed E-state index contributed by atoms with van der Waals surface area (Å²) in [4.78, 5) is 0. The van der Waals surface area contributed by atoms with Crippen molar-refractivity contribution in [1.82, 2.24) is 0 Å². The van der Waals surface area contributed by atoms with Crippen molar-refractivity contribution in [3.63, 3.8) is 0 Å². The molecular formula is C12H17BrO2. The zero-order valence-electron chi connectivity index (χ0n) is 9.13. The Bertz CT molecular complexity index is 335. The lowest BCUT2D eigenvalue weighted by Crippen LogP contribution is -1.94. The third kappa shape index (κ3) is 3.21. The fourth-order valence-corrected chi connectivity index (χ4v) is 2.38. The second kappa shape index (κ2) is 5.52. The Morgan fingerprint density at radius 2 is 2.00 bits per heavy atom. The van der Waals surface area contributed by atoms with Gasteiger partial charge in [-0.1, -0.05) is 29.8 Å². The lowest BCUT2D eigenvalue weighted by atomic mass is 9.99. The number of rotatable bonds is 4. The van der Waals surface area contributed by atoms with Crippen molar-refractivity contribution in [2.24, 2.45) is 0 Å². The molecule has 0 heterocycles. The van der Waals surface area contributed by atoms with Crippen LogP contribution in [0.1, 0.15) is 37.3 Å². The minimum absolute atomic E-state index is 0.156. The molecule has 1 aromatic carbocycles. The Kier molecular flexibility index (Phi) is 4.61. The number of phenols is 1. The minimum atomic E-state index is 0.156. The Morgan fingerprint density at radius 1 is 1.33 bits per heavy atom. The first-order valence-electron chi connectivity index (χ1n) is 5.18. The van der Waals surface area contributed by atoms with Crippen LogP contribution in [0.25, 0.3) is 0 Å². The number of aliphatic hydroxyl groups excluding tert-OH is 1. The van der Waals surface area contributed by atoms with Gasteiger partial charge in [0.15, 0.2) is 0 Å². The summed E-state index contributed by atoms with van der Waals surface area (Å²) in [5.41, 5.74) is 2.00. The molecule has 0 aliphatic carbocycles. The molecule has 0 aliphatic rings. The molecule has 0 amide bonds. The fourth-order valence-electron chi connectivity index (χ4n) is 1.53. The normalized spacial score (nSPS) is 11.0. The highest BCUT2D eigenvalue weighted by Gasteiger charge is 2.09. The molecule has 2 N–H and O–H groups in total. The van der Waals surface area contributed by atoms with Crippen molar-refractivity contribution >= 4 is 15.9 Å². The highest BCUT2D eigenvalue weighted by Crippen LogP contribution is 2.31. The van der Waals surface area contributed by atoms with Gasteiger partial charge in [0.1, 0.15) is 5.75 Å². The number of halogens is 1. The summed E-state index contributed by atoms with van der Waals surface area (Å²) in [6.07, 6.45) is 1.39. The molecule has 0 saturated carbocycles. The van der Waals surface area contributed by atoms with Crippen molar-refractivity contribution in [3.05, 3.63) is 27.7 Å². The lowest BCUT2D eigenvalue weighted by Gasteiger charge is -2.12. The van der Waals surface area contributed by atoms with Gasteiger partial charge in [0.2, 0.25) is 0 Å². The Labute approximate surface area is 99.1 Å². The molecule has 0 fully saturated rings. The summed E-state index contributed by atoms with van der Waals surface area (Å²) < 4.78 is 1.03. The van der Waals surface area contributed by atoms with Gasteiger partial charge in [-0.2, -0.15) is 0 Å². The molecule has 3 heteroatoms. The lowest BCUT2D eigenvalue weighted by molar-refractivity contribution is 0.288. The summed E-state index contributed by atoms with van der Waals surface area (Å²) in [6, 6.07) is 3.75. The molecule has 2 nitrogen and oxygen atoms in total. The summed E-state index contributed by atoms with van der Waals surface area (Å²) in [7, 11) is 0. The number of hydrogen-bond donors (Lipinski definition) is 2. The fraction of sp³-hybridized carbons (Fsp3) is 0.500. The first-order valence-corrected chi connectivity index (χ1v) is 5.97. The number of hydrogen-bond acceptors (Lipinski definition) is 2. The van der Waals surface area contributed by atoms with Gasteiger partial charge >= 0.3 is 0 Å². The van der Waals surface area contributed by atoms with Gasteiger partial charge in [-0.25, -0.2) is 0 Å². The quantitative estimate of drug-likeness (QED) is 0.884. The zero-order chi connectivity index (χ0) is 11.4. The van der Waals surface area contributed by atoms with Crippen LogP contribution in [-0.4, -0.2) is 16.8 Å². The molecule has 84 valence electrons. The molecule has 0 spiro atoms. The molecule has 0 aliphatic heterocycles. The van der Waals surface area contributed by atoms with E-state index in [1.165, 1.54) is 0 Å². The topological polar surface area (TPSA) is 40.5 Å². The number of aliphatic hydroxyl groups is 1. The third-order valence-electron chi connectivity index (χ3n) is 2.42. The highest BCUT2D eigenvalue weighted by molar-refractivity contribution is 9.10. The van der Waals surface area contributed by atoms with Crippen LogP contribution >= 0.6 is 15.9 Å². The van der Waals surface area contributed by atoms with Crippen LogP contribution in [0.15, 0.2) is 16.6 Å². The monoisotopic (exact) mass is 272 g/mol. The smallest absolute Gasteiger partial charge is 0.119 e. The van der Waals surface area contributed by atoms with Crippen LogP contribution in [0.3, 0.4) is 0 Å². The molecule has 0 aromatic heterocycles. The van der Waals surface area contributed by atoms with E-state index < -0.39 is 0 Å². The average molecular weight is 273 g/mol. The van der Waals surface area contributed by atoms with Crippen molar-refractivity contribution in [2.45, 2.75) is 32.6 Å². The van der Waals surface area contributed by atoms with Crippen LogP contribution in [0.5, 0.6) is 5.75 Å². The van der Waals surface area contributed by atoms with E-state index in [1.54, 1.807) is 0 Å². The second-order valence-corrected chi connectivity index (χ2v) is 4.84. The molecule has 0 bridgehead atoms. The summed E-state index contributed by atoms with van der Waals surface area (Å²) >= 11 is 3.50. The maximum Gasteiger partial charge on any atom is 0.119 e. The first-order chi connectivity index (χ1) is 7.06. The number of benzene rings is 1. The molecular weight excluding hydrogens is 256 g/mol. The van der Waals surface area contributed by atoms with Gasteiger partial charge < -0.3 is 10.2 Å². The van der Waals surface area contributed by atoms with Gasteiger partial charge in [0.05, 0.1) is 0 Å². The molecule has 0 unspecified atom stereocenters. The standard InChI is InChI=1S/C12H17BrO2/c1-8(2)10-7-12(15)9(4-3-5-14)6-11(10)13/h6-8,14-15H,3-5H2,1-2H3. The second-order valence-electron chi connectivity index (χ2n) is 3.98. The van der Waals surface area contributed by atoms with E-state index in [9.17, 15) is 5.11 Å². The van der Waals surface area contributed by atoms with E-state index >= 15 is 0 Å². The van der Waals surface area contributed by atoms with Gasteiger partial charge in [-0.3, -0.25) is 0 Å². The summed E-state index contributed by atoms with van der Waals surface area (Å²) in [5.74, 6) is 0.715. The average Bonchev–Trinajstić information content (AvgIpc) is 2.18. The first kappa shape index (κ1) is 12.5. The third-order valence-corrected chi connectivity index (χ3v) is 3.11. The molecule has 15 heavy (non-hydrogen) atoms. The van der Waals surface area contributed by atoms with E-state index in [0.717, 1.165) is 15.6 Å². The van der Waals surface area contributed by atoms with Crippen molar-refractivity contribution in [2.75, 3.05) is 6.61 Å². The maximum atomic E-state index is 9.79. The summed E-state index contributed by atoms with van der Waals surface area (Å²) in [5, 5.41) is 18.5. The van der Waals surface area contributed by atoms with Crippen LogP contribution in [0, 0.1) is 0 Å². The van der Waals surface area contributed by atoms with E-state index in [4.69, 9.17) is 5.11 Å². The van der Waals surface area contributed by atoms with Crippen LogP contribution in [-0.2, 0) is 6.42 Å². The predicted molar refractivity (Wildman–Crippen MR) is 65.3 cm³/mol. The van der Waals surface area contributed by atoms with Crippen molar-refractivity contribution < 1.29 is 10.2 Å². The Morgan fingerprint density at radius 3 is 2.53 bits per heavy atom. The Balaban J connectivity index is 2.97. The number of aryl methyl sites for hydroxylation is 1. The van der Waals surface area contributed by atoms with E-state index in [1.807, 2.05) is 12.1 Å². The van der Waals surface area contributed by atoms with Crippen LogP contribution in [0.2, 0.25) is 0 Å². The molecule has 1 aromatic rings. The van der Waals surface area contributed by atoms with E-state index in [0.29, 0.717) is 24.5 Å². The van der Waals surface area contributed by atoms with Gasteiger partial charge in [0, 0.05) is 11.1 Å².